The fraction of sp³-hybridized carbons (Fsp3) is 0.241. The summed E-state index contributed by atoms with van der Waals surface area (Å²) in [5.41, 5.74) is 5.12. The summed E-state index contributed by atoms with van der Waals surface area (Å²) in [5.74, 6) is 1.34. The lowest BCUT2D eigenvalue weighted by Gasteiger charge is -2.41. The number of fused-ring (bicyclic) bond motifs is 1. The van der Waals surface area contributed by atoms with Crippen molar-refractivity contribution in [3.8, 4) is 22.9 Å². The molecule has 2 aromatic heterocycles. The third-order valence-electron chi connectivity index (χ3n) is 7.79. The highest BCUT2D eigenvalue weighted by Gasteiger charge is 2.36. The van der Waals surface area contributed by atoms with Crippen molar-refractivity contribution in [2.45, 2.75) is 26.1 Å². The van der Waals surface area contributed by atoms with Gasteiger partial charge in [0, 0.05) is 36.2 Å². The van der Waals surface area contributed by atoms with E-state index in [1.54, 1.807) is 47.8 Å². The molecule has 0 spiro atoms. The molecule has 6 rings (SSSR count). The molecule has 44 heavy (non-hydrogen) atoms. The van der Waals surface area contributed by atoms with Crippen molar-refractivity contribution in [3.63, 3.8) is 0 Å². The van der Waals surface area contributed by atoms with Gasteiger partial charge in [0.15, 0.2) is 11.5 Å². The molecule has 0 saturated heterocycles. The van der Waals surface area contributed by atoms with E-state index in [4.69, 9.17) is 9.47 Å². The van der Waals surface area contributed by atoms with Crippen molar-refractivity contribution < 1.29 is 23.8 Å². The Morgan fingerprint density at radius 2 is 1.20 bits per heavy atom. The summed E-state index contributed by atoms with van der Waals surface area (Å²) in [6, 6.07) is 16.3. The summed E-state index contributed by atoms with van der Waals surface area (Å²) in [4.78, 5) is 21.2. The van der Waals surface area contributed by atoms with E-state index in [1.807, 2.05) is 24.5 Å². The smallest absolute Gasteiger partial charge is 0.269 e. The minimum atomic E-state index is -0.443. The van der Waals surface area contributed by atoms with Gasteiger partial charge in [-0.1, -0.05) is 10.4 Å². The molecule has 0 aliphatic carbocycles. The second-order valence-corrected chi connectivity index (χ2v) is 10.6. The van der Waals surface area contributed by atoms with Gasteiger partial charge < -0.3 is 14.0 Å². The predicted molar refractivity (Wildman–Crippen MR) is 156 cm³/mol. The Balaban J connectivity index is 1.31. The van der Waals surface area contributed by atoms with Crippen molar-refractivity contribution in [2.24, 2.45) is 0 Å². The van der Waals surface area contributed by atoms with E-state index in [9.17, 15) is 20.2 Å². The number of methoxy groups -OCH3 is 2. The van der Waals surface area contributed by atoms with Gasteiger partial charge in [-0.05, 0) is 42.0 Å². The zero-order valence-electron chi connectivity index (χ0n) is 23.9. The Labute approximate surface area is 250 Å². The van der Waals surface area contributed by atoms with Crippen LogP contribution in [0.4, 0.5) is 11.4 Å². The Morgan fingerprint density at radius 1 is 0.750 bits per heavy atom. The molecule has 3 aromatic carbocycles. The first-order chi connectivity index (χ1) is 21.3. The zero-order chi connectivity index (χ0) is 30.8. The second-order valence-electron chi connectivity index (χ2n) is 10.6. The average Bonchev–Trinajstić information content (AvgIpc) is 3.70. The van der Waals surface area contributed by atoms with Crippen LogP contribution in [0.1, 0.15) is 22.5 Å². The average molecular weight is 599 g/mol. The minimum absolute atomic E-state index is 0.000546. The molecular formula is C29H28N9O6+. The van der Waals surface area contributed by atoms with Crippen molar-refractivity contribution in [1.29, 1.82) is 0 Å². The molecule has 1 aliphatic rings. The molecule has 0 amide bonds. The number of nitro benzene ring substituents is 2. The molecule has 5 aromatic rings. The Kier molecular flexibility index (Phi) is 7.45. The maximum Gasteiger partial charge on any atom is 0.269 e. The second kappa shape index (κ2) is 11.5. The third-order valence-corrected chi connectivity index (χ3v) is 7.79. The van der Waals surface area contributed by atoms with E-state index in [0.29, 0.717) is 47.0 Å². The molecule has 0 N–H and O–H groups in total. The van der Waals surface area contributed by atoms with Gasteiger partial charge in [0.25, 0.3) is 11.4 Å². The quantitative estimate of drug-likeness (QED) is 0.130. The summed E-state index contributed by atoms with van der Waals surface area (Å²) in [6.45, 7) is 2.50. The van der Waals surface area contributed by atoms with Crippen molar-refractivity contribution in [1.82, 2.24) is 30.0 Å². The van der Waals surface area contributed by atoms with Gasteiger partial charge in [-0.2, -0.15) is 0 Å². The van der Waals surface area contributed by atoms with Crippen LogP contribution in [0, 0.1) is 20.2 Å². The number of aromatic nitrogens is 6. The molecule has 15 nitrogen and oxygen atoms in total. The van der Waals surface area contributed by atoms with Crippen molar-refractivity contribution in [2.75, 3.05) is 20.8 Å². The molecule has 0 bridgehead atoms. The molecular weight excluding hydrogens is 570 g/mol. The Hall–Kier alpha value is -5.70. The first kappa shape index (κ1) is 28.4. The monoisotopic (exact) mass is 598 g/mol. The van der Waals surface area contributed by atoms with Crippen LogP contribution in [0.2, 0.25) is 0 Å². The number of benzene rings is 3. The molecule has 0 atom stereocenters. The predicted octanol–water partition coefficient (Wildman–Crippen LogP) is 3.95. The van der Waals surface area contributed by atoms with Crippen LogP contribution < -0.4 is 9.47 Å². The number of hydrogen-bond acceptors (Lipinski definition) is 10. The summed E-state index contributed by atoms with van der Waals surface area (Å²) in [6.07, 6.45) is 4.45. The standard InChI is InChI=1S/C29H28N9O6/c1-43-28-13-20-11-12-38(17-21(20)14-29(28)44-2,18-22-15-34(32-30-22)24-3-7-26(8-4-24)36(39)40)19-23-16-35(33-31-23)25-5-9-27(10-6-25)37(41)42/h3-10,13-16H,11-12,17-19H2,1-2H3/q+1. The lowest BCUT2D eigenvalue weighted by atomic mass is 9.96. The normalized spacial score (nSPS) is 13.7. The van der Waals surface area contributed by atoms with Crippen LogP contribution in [0.15, 0.2) is 73.1 Å². The Bertz CT molecular complexity index is 1740. The molecule has 0 radical (unpaired) electrons. The number of quaternary nitrogens is 1. The third kappa shape index (κ3) is 5.67. The molecule has 3 heterocycles. The first-order valence-electron chi connectivity index (χ1n) is 13.7. The summed E-state index contributed by atoms with van der Waals surface area (Å²) >= 11 is 0. The van der Waals surface area contributed by atoms with Crippen LogP contribution in [0.3, 0.4) is 0 Å². The summed E-state index contributed by atoms with van der Waals surface area (Å²) in [7, 11) is 3.23. The molecule has 0 fully saturated rings. The number of hydrogen-bond donors (Lipinski definition) is 0. The number of nitro groups is 2. The first-order valence-corrected chi connectivity index (χ1v) is 13.7. The SMILES string of the molecule is COc1cc2c(cc1OC)C[N+](Cc1cn(-c3ccc([N+](=O)[O-])cc3)nn1)(Cc1cn(-c3ccc([N+](=O)[O-])cc3)nn1)CC2. The summed E-state index contributed by atoms with van der Waals surface area (Å²) in [5, 5.41) is 39.6. The van der Waals surface area contributed by atoms with Crippen LogP contribution in [0.5, 0.6) is 11.5 Å². The maximum absolute atomic E-state index is 11.1. The van der Waals surface area contributed by atoms with Crippen molar-refractivity contribution >= 4 is 11.4 Å². The van der Waals surface area contributed by atoms with E-state index in [0.717, 1.165) is 29.9 Å². The van der Waals surface area contributed by atoms with Crippen LogP contribution in [-0.4, -0.2) is 65.1 Å². The topological polar surface area (TPSA) is 166 Å². The van der Waals surface area contributed by atoms with Crippen LogP contribution in [-0.2, 0) is 26.1 Å². The van der Waals surface area contributed by atoms with Gasteiger partial charge in [0.05, 0.1) is 54.4 Å². The van der Waals surface area contributed by atoms with Gasteiger partial charge >= 0.3 is 0 Å². The van der Waals surface area contributed by atoms with E-state index < -0.39 is 9.85 Å². The maximum atomic E-state index is 11.1. The van der Waals surface area contributed by atoms with E-state index in [-0.39, 0.29) is 11.4 Å². The highest BCUT2D eigenvalue weighted by molar-refractivity contribution is 5.48. The van der Waals surface area contributed by atoms with Gasteiger partial charge in [-0.25, -0.2) is 9.36 Å². The van der Waals surface area contributed by atoms with Gasteiger partial charge in [-0.3, -0.25) is 20.2 Å². The number of non-ortho nitro benzene ring substituents is 2. The van der Waals surface area contributed by atoms with E-state index in [1.165, 1.54) is 29.8 Å². The molecule has 0 saturated carbocycles. The van der Waals surface area contributed by atoms with Crippen molar-refractivity contribution in [3.05, 3.63) is 116 Å². The highest BCUT2D eigenvalue weighted by Crippen LogP contribution is 2.37. The number of rotatable bonds is 10. The number of nitrogens with zero attached hydrogens (tertiary/aromatic N) is 9. The van der Waals surface area contributed by atoms with E-state index >= 15 is 0 Å². The van der Waals surface area contributed by atoms with E-state index in [2.05, 4.69) is 20.6 Å². The fourth-order valence-corrected chi connectivity index (χ4v) is 5.60. The van der Waals surface area contributed by atoms with Gasteiger partial charge in [-0.15, -0.1) is 10.2 Å². The fourth-order valence-electron chi connectivity index (χ4n) is 5.60. The zero-order valence-corrected chi connectivity index (χ0v) is 23.9. The largest absolute Gasteiger partial charge is 0.493 e. The molecule has 0 unspecified atom stereocenters. The minimum Gasteiger partial charge on any atom is -0.493 e. The van der Waals surface area contributed by atoms with Crippen LogP contribution >= 0.6 is 0 Å². The lowest BCUT2D eigenvalue weighted by molar-refractivity contribution is -0.968. The summed E-state index contributed by atoms with van der Waals surface area (Å²) < 4.78 is 14.9. The van der Waals surface area contributed by atoms with Crippen LogP contribution in [0.25, 0.3) is 11.4 Å². The molecule has 1 aliphatic heterocycles. The lowest BCUT2D eigenvalue weighted by Crippen LogP contribution is -2.49. The highest BCUT2D eigenvalue weighted by atomic mass is 16.6. The Morgan fingerprint density at radius 3 is 1.64 bits per heavy atom. The molecule has 224 valence electrons. The molecule has 15 heteroatoms. The number of ether oxygens (including phenoxy) is 2. The van der Waals surface area contributed by atoms with Gasteiger partial charge in [0.1, 0.15) is 31.0 Å². The van der Waals surface area contributed by atoms with Gasteiger partial charge in [0.2, 0.25) is 0 Å².